The standard InChI is InChI=1S/C25H21N5O2S/c1-16-10-12-18(13-11-16)15-27-30-24(26)23(33(31,32)19-7-5-6-17(2)14-19)22-25(30)29-21-9-4-3-8-20(21)28-22/h3-15H,26H2,1-2H3/b27-15+. The molecular formula is C25H21N5O2S. The summed E-state index contributed by atoms with van der Waals surface area (Å²) < 4.78 is 28.7. The molecule has 0 radical (unpaired) electrons. The Morgan fingerprint density at radius 1 is 0.879 bits per heavy atom. The third-order valence-corrected chi connectivity index (χ3v) is 7.21. The van der Waals surface area contributed by atoms with Gasteiger partial charge in [0, 0.05) is 0 Å². The molecule has 8 heteroatoms. The summed E-state index contributed by atoms with van der Waals surface area (Å²) in [5.41, 5.74) is 10.9. The summed E-state index contributed by atoms with van der Waals surface area (Å²) in [6.45, 7) is 3.84. The zero-order valence-corrected chi connectivity index (χ0v) is 18.9. The smallest absolute Gasteiger partial charge is 0.212 e. The largest absolute Gasteiger partial charge is 0.382 e. The van der Waals surface area contributed by atoms with Gasteiger partial charge in [-0.25, -0.2) is 18.4 Å². The number of hydrogen-bond acceptors (Lipinski definition) is 6. The molecule has 2 aromatic heterocycles. The van der Waals surface area contributed by atoms with Gasteiger partial charge < -0.3 is 5.73 Å². The van der Waals surface area contributed by atoms with Gasteiger partial charge in [-0.05, 0) is 49.2 Å². The highest BCUT2D eigenvalue weighted by atomic mass is 32.2. The van der Waals surface area contributed by atoms with Gasteiger partial charge in [-0.15, -0.1) is 0 Å². The van der Waals surface area contributed by atoms with Gasteiger partial charge in [0.25, 0.3) is 0 Å². The molecule has 0 saturated carbocycles. The van der Waals surface area contributed by atoms with Gasteiger partial charge in [0.2, 0.25) is 9.84 Å². The Labute approximate surface area is 191 Å². The molecule has 0 unspecified atom stereocenters. The fraction of sp³-hybridized carbons (Fsp3) is 0.0800. The van der Waals surface area contributed by atoms with Crippen molar-refractivity contribution in [2.75, 3.05) is 5.73 Å². The van der Waals surface area contributed by atoms with Crippen LogP contribution in [0, 0.1) is 13.8 Å². The van der Waals surface area contributed by atoms with Crippen molar-refractivity contribution in [3.63, 3.8) is 0 Å². The molecule has 2 N–H and O–H groups in total. The summed E-state index contributed by atoms with van der Waals surface area (Å²) in [6, 6.07) is 21.8. The molecule has 0 spiro atoms. The van der Waals surface area contributed by atoms with Crippen molar-refractivity contribution in [3.05, 3.63) is 89.5 Å². The zero-order valence-electron chi connectivity index (χ0n) is 18.1. The van der Waals surface area contributed by atoms with E-state index in [2.05, 4.69) is 15.1 Å². The van der Waals surface area contributed by atoms with Crippen molar-refractivity contribution in [3.8, 4) is 0 Å². The van der Waals surface area contributed by atoms with Gasteiger partial charge >= 0.3 is 0 Å². The lowest BCUT2D eigenvalue weighted by Crippen LogP contribution is -2.07. The number of nitrogens with two attached hydrogens (primary N) is 1. The molecule has 164 valence electrons. The van der Waals surface area contributed by atoms with E-state index in [9.17, 15) is 8.42 Å². The molecule has 5 rings (SSSR count). The quantitative estimate of drug-likeness (QED) is 0.402. The molecule has 7 nitrogen and oxygen atoms in total. The van der Waals surface area contributed by atoms with Crippen LogP contribution >= 0.6 is 0 Å². The molecule has 5 aromatic rings. The van der Waals surface area contributed by atoms with Crippen LogP contribution in [0.3, 0.4) is 0 Å². The SMILES string of the molecule is Cc1ccc(/C=N/n2c(N)c(S(=O)(=O)c3cccc(C)c3)c3nc4ccccc4nc32)cc1. The summed E-state index contributed by atoms with van der Waals surface area (Å²) in [6.07, 6.45) is 1.62. The highest BCUT2D eigenvalue weighted by Crippen LogP contribution is 2.35. The van der Waals surface area contributed by atoms with Crippen molar-refractivity contribution in [1.29, 1.82) is 0 Å². The third kappa shape index (κ3) is 3.64. The molecule has 0 aliphatic rings. The van der Waals surface area contributed by atoms with Gasteiger partial charge in [0.05, 0.1) is 22.1 Å². The van der Waals surface area contributed by atoms with E-state index in [-0.39, 0.29) is 26.8 Å². The molecule has 2 heterocycles. The number of rotatable bonds is 4. The third-order valence-electron chi connectivity index (χ3n) is 5.40. The lowest BCUT2D eigenvalue weighted by molar-refractivity contribution is 0.597. The summed E-state index contributed by atoms with van der Waals surface area (Å²) in [5, 5.41) is 4.49. The van der Waals surface area contributed by atoms with Gasteiger partial charge in [0.1, 0.15) is 16.2 Å². The van der Waals surface area contributed by atoms with E-state index in [1.807, 2.05) is 62.4 Å². The van der Waals surface area contributed by atoms with Crippen LogP contribution in [-0.4, -0.2) is 29.3 Å². The minimum absolute atomic E-state index is 0.0369. The zero-order chi connectivity index (χ0) is 23.2. The molecule has 0 saturated heterocycles. The molecule has 0 aliphatic carbocycles. The molecule has 0 amide bonds. The molecule has 0 aliphatic heterocycles. The van der Waals surface area contributed by atoms with Gasteiger partial charge in [0.15, 0.2) is 5.65 Å². The number of aromatic nitrogens is 3. The van der Waals surface area contributed by atoms with E-state index >= 15 is 0 Å². The Bertz CT molecular complexity index is 1650. The molecule has 0 bridgehead atoms. The van der Waals surface area contributed by atoms with Crippen molar-refractivity contribution in [2.45, 2.75) is 23.6 Å². The Kier molecular flexibility index (Phi) is 4.94. The maximum absolute atomic E-state index is 13.7. The highest BCUT2D eigenvalue weighted by molar-refractivity contribution is 7.92. The van der Waals surface area contributed by atoms with Crippen LogP contribution in [-0.2, 0) is 9.84 Å². The summed E-state index contributed by atoms with van der Waals surface area (Å²) in [4.78, 5) is 9.33. The Morgan fingerprint density at radius 2 is 1.58 bits per heavy atom. The number of anilines is 1. The molecule has 0 fully saturated rings. The van der Waals surface area contributed by atoms with Crippen LogP contribution in [0.1, 0.15) is 16.7 Å². The lowest BCUT2D eigenvalue weighted by Gasteiger charge is -2.06. The molecule has 33 heavy (non-hydrogen) atoms. The van der Waals surface area contributed by atoms with Crippen molar-refractivity contribution < 1.29 is 8.42 Å². The van der Waals surface area contributed by atoms with Crippen LogP contribution in [0.15, 0.2) is 87.7 Å². The highest BCUT2D eigenvalue weighted by Gasteiger charge is 2.30. The number of sulfone groups is 1. The Morgan fingerprint density at radius 3 is 2.27 bits per heavy atom. The first-order valence-corrected chi connectivity index (χ1v) is 11.8. The van der Waals surface area contributed by atoms with Crippen LogP contribution < -0.4 is 5.73 Å². The minimum atomic E-state index is -3.98. The monoisotopic (exact) mass is 455 g/mol. The minimum Gasteiger partial charge on any atom is -0.382 e. The van der Waals surface area contributed by atoms with Crippen LogP contribution in [0.4, 0.5) is 5.82 Å². The Hall–Kier alpha value is -4.04. The number of nitrogens with zero attached hydrogens (tertiary/aromatic N) is 4. The topological polar surface area (TPSA) is 103 Å². The maximum atomic E-state index is 13.7. The molecule has 3 aromatic carbocycles. The summed E-state index contributed by atoms with van der Waals surface area (Å²) in [5.74, 6) is -0.0369. The normalized spacial score (nSPS) is 12.2. The first-order chi connectivity index (χ1) is 15.8. The first kappa shape index (κ1) is 20.8. The number of para-hydroxylation sites is 2. The maximum Gasteiger partial charge on any atom is 0.212 e. The second kappa shape index (κ2) is 7.83. The van der Waals surface area contributed by atoms with E-state index in [4.69, 9.17) is 5.73 Å². The summed E-state index contributed by atoms with van der Waals surface area (Å²) in [7, 11) is -3.98. The Balaban J connectivity index is 1.79. The van der Waals surface area contributed by atoms with E-state index in [1.54, 1.807) is 30.5 Å². The van der Waals surface area contributed by atoms with Gasteiger partial charge in [-0.2, -0.15) is 9.78 Å². The number of nitrogen functional groups attached to an aromatic ring is 1. The average molecular weight is 456 g/mol. The summed E-state index contributed by atoms with van der Waals surface area (Å²) >= 11 is 0. The van der Waals surface area contributed by atoms with Crippen molar-refractivity contribution in [2.24, 2.45) is 5.10 Å². The van der Waals surface area contributed by atoms with Crippen molar-refractivity contribution >= 4 is 44.1 Å². The number of benzene rings is 3. The van der Waals surface area contributed by atoms with E-state index in [1.165, 1.54) is 4.68 Å². The van der Waals surface area contributed by atoms with Crippen LogP contribution in [0.2, 0.25) is 0 Å². The van der Waals surface area contributed by atoms with Gasteiger partial charge in [-0.1, -0.05) is 54.1 Å². The first-order valence-electron chi connectivity index (χ1n) is 10.3. The number of hydrogen-bond donors (Lipinski definition) is 1. The second-order valence-corrected chi connectivity index (χ2v) is 9.77. The predicted octanol–water partition coefficient (Wildman–Crippen LogP) is 4.50. The fourth-order valence-corrected chi connectivity index (χ4v) is 5.27. The predicted molar refractivity (Wildman–Crippen MR) is 130 cm³/mol. The van der Waals surface area contributed by atoms with Gasteiger partial charge in [-0.3, -0.25) is 0 Å². The van der Waals surface area contributed by atoms with E-state index in [0.717, 1.165) is 16.7 Å². The van der Waals surface area contributed by atoms with Crippen LogP contribution in [0.5, 0.6) is 0 Å². The lowest BCUT2D eigenvalue weighted by atomic mass is 10.2. The molecule has 0 atom stereocenters. The average Bonchev–Trinajstić information content (AvgIpc) is 3.08. The molecular weight excluding hydrogens is 434 g/mol. The van der Waals surface area contributed by atoms with E-state index in [0.29, 0.717) is 11.0 Å². The van der Waals surface area contributed by atoms with Crippen LogP contribution in [0.25, 0.3) is 22.2 Å². The number of aryl methyl sites for hydroxylation is 2. The van der Waals surface area contributed by atoms with Crippen molar-refractivity contribution in [1.82, 2.24) is 14.6 Å². The second-order valence-electron chi connectivity index (χ2n) is 7.89. The van der Waals surface area contributed by atoms with E-state index < -0.39 is 9.84 Å². The fourth-order valence-electron chi connectivity index (χ4n) is 3.68. The number of fused-ring (bicyclic) bond motifs is 2.